The van der Waals surface area contributed by atoms with E-state index in [1.165, 1.54) is 11.8 Å². The van der Waals surface area contributed by atoms with Crippen LogP contribution in [0.3, 0.4) is 0 Å². The van der Waals surface area contributed by atoms with Gasteiger partial charge in [0.2, 0.25) is 5.16 Å². The molecule has 0 radical (unpaired) electrons. The Labute approximate surface area is 166 Å². The lowest BCUT2D eigenvalue weighted by Gasteiger charge is -2.05. The molecule has 6 nitrogen and oxygen atoms in total. The van der Waals surface area contributed by atoms with Gasteiger partial charge < -0.3 is 4.74 Å². The molecule has 28 heavy (non-hydrogen) atoms. The summed E-state index contributed by atoms with van der Waals surface area (Å²) in [6.07, 6.45) is 0. The SMILES string of the molecule is COc1cccc(-c2ccc3nnc(SCC(=O)c4ccc(C)cc4)n3n2)c1. The van der Waals surface area contributed by atoms with Crippen molar-refractivity contribution in [1.29, 1.82) is 0 Å². The van der Waals surface area contributed by atoms with Crippen LogP contribution >= 0.6 is 11.8 Å². The van der Waals surface area contributed by atoms with Crippen LogP contribution in [-0.2, 0) is 0 Å². The fraction of sp³-hybridized carbons (Fsp3) is 0.143. The number of hydrogen-bond donors (Lipinski definition) is 0. The number of hydrogen-bond acceptors (Lipinski definition) is 6. The fourth-order valence-corrected chi connectivity index (χ4v) is 3.53. The molecule has 0 bridgehead atoms. The number of thioether (sulfide) groups is 1. The maximum atomic E-state index is 12.4. The molecule has 0 unspecified atom stereocenters. The second kappa shape index (κ2) is 7.82. The molecule has 0 N–H and O–H groups in total. The molecule has 0 atom stereocenters. The maximum absolute atomic E-state index is 12.4. The number of carbonyl (C=O) groups excluding carboxylic acids is 1. The van der Waals surface area contributed by atoms with Gasteiger partial charge in [0.25, 0.3) is 0 Å². The van der Waals surface area contributed by atoms with Crippen LogP contribution in [0.1, 0.15) is 15.9 Å². The van der Waals surface area contributed by atoms with Crippen molar-refractivity contribution in [2.75, 3.05) is 12.9 Å². The number of ether oxygens (including phenoxy) is 1. The summed E-state index contributed by atoms with van der Waals surface area (Å²) in [5, 5.41) is 13.6. The van der Waals surface area contributed by atoms with Crippen LogP contribution in [0.2, 0.25) is 0 Å². The Morgan fingerprint density at radius 3 is 2.68 bits per heavy atom. The van der Waals surface area contributed by atoms with Crippen LogP contribution in [0, 0.1) is 6.92 Å². The third-order valence-electron chi connectivity index (χ3n) is 4.31. The predicted molar refractivity (Wildman–Crippen MR) is 109 cm³/mol. The first-order valence-electron chi connectivity index (χ1n) is 8.73. The lowest BCUT2D eigenvalue weighted by Crippen LogP contribution is -2.04. The van der Waals surface area contributed by atoms with Crippen LogP contribution in [0.5, 0.6) is 5.75 Å². The van der Waals surface area contributed by atoms with E-state index in [-0.39, 0.29) is 11.5 Å². The molecule has 0 aliphatic carbocycles. The number of aryl methyl sites for hydroxylation is 1. The van der Waals surface area contributed by atoms with Gasteiger partial charge in [0.05, 0.1) is 18.6 Å². The highest BCUT2D eigenvalue weighted by atomic mass is 32.2. The highest BCUT2D eigenvalue weighted by Gasteiger charge is 2.13. The summed E-state index contributed by atoms with van der Waals surface area (Å²) in [6.45, 7) is 2.00. The summed E-state index contributed by atoms with van der Waals surface area (Å²) in [5.41, 5.74) is 4.16. The monoisotopic (exact) mass is 390 g/mol. The van der Waals surface area contributed by atoms with Crippen molar-refractivity contribution in [3.05, 3.63) is 71.8 Å². The molecule has 0 fully saturated rings. The van der Waals surface area contributed by atoms with Gasteiger partial charge >= 0.3 is 0 Å². The van der Waals surface area contributed by atoms with Gasteiger partial charge in [-0.15, -0.1) is 10.2 Å². The molecule has 4 aromatic rings. The molecule has 2 aromatic carbocycles. The van der Waals surface area contributed by atoms with E-state index in [4.69, 9.17) is 4.74 Å². The van der Waals surface area contributed by atoms with E-state index in [0.717, 1.165) is 22.6 Å². The standard InChI is InChI=1S/C21H18N4O2S/c1-14-6-8-15(9-7-14)19(26)13-28-21-23-22-20-11-10-18(24-25(20)21)16-4-3-5-17(12-16)27-2/h3-12H,13H2,1-2H3. The quantitative estimate of drug-likeness (QED) is 0.365. The first-order chi connectivity index (χ1) is 13.6. The number of methoxy groups -OCH3 is 1. The van der Waals surface area contributed by atoms with Gasteiger partial charge in [-0.05, 0) is 31.2 Å². The molecule has 2 aromatic heterocycles. The van der Waals surface area contributed by atoms with E-state index in [2.05, 4.69) is 15.3 Å². The van der Waals surface area contributed by atoms with Crippen molar-refractivity contribution in [3.8, 4) is 17.0 Å². The zero-order chi connectivity index (χ0) is 19.5. The van der Waals surface area contributed by atoms with E-state index >= 15 is 0 Å². The molecular formula is C21H18N4O2S. The Morgan fingerprint density at radius 2 is 1.89 bits per heavy atom. The molecule has 0 aliphatic heterocycles. The van der Waals surface area contributed by atoms with Crippen molar-refractivity contribution in [1.82, 2.24) is 19.8 Å². The first kappa shape index (κ1) is 18.2. The number of carbonyl (C=O) groups is 1. The summed E-state index contributed by atoms with van der Waals surface area (Å²) in [4.78, 5) is 12.4. The molecule has 7 heteroatoms. The first-order valence-corrected chi connectivity index (χ1v) is 9.72. The largest absolute Gasteiger partial charge is 0.497 e. The zero-order valence-electron chi connectivity index (χ0n) is 15.5. The van der Waals surface area contributed by atoms with E-state index in [1.807, 2.05) is 67.6 Å². The Hall–Kier alpha value is -3.19. The maximum Gasteiger partial charge on any atom is 0.212 e. The van der Waals surface area contributed by atoms with Crippen LogP contribution in [0.15, 0.2) is 65.8 Å². The average Bonchev–Trinajstić information content (AvgIpc) is 3.15. The number of nitrogens with zero attached hydrogens (tertiary/aromatic N) is 4. The number of ketones is 1. The second-order valence-electron chi connectivity index (χ2n) is 6.28. The summed E-state index contributed by atoms with van der Waals surface area (Å²) in [7, 11) is 1.63. The molecule has 0 amide bonds. The van der Waals surface area contributed by atoms with Gasteiger partial charge in [-0.3, -0.25) is 4.79 Å². The number of rotatable bonds is 6. The predicted octanol–water partition coefficient (Wildman–Crippen LogP) is 4.08. The minimum atomic E-state index is 0.0469. The molecule has 0 saturated carbocycles. The highest BCUT2D eigenvalue weighted by Crippen LogP contribution is 2.24. The Bertz CT molecular complexity index is 1140. The lowest BCUT2D eigenvalue weighted by atomic mass is 10.1. The summed E-state index contributed by atoms with van der Waals surface area (Å²) in [6, 6.07) is 19.0. The van der Waals surface area contributed by atoms with Gasteiger partial charge in [0, 0.05) is 11.1 Å². The van der Waals surface area contributed by atoms with E-state index < -0.39 is 0 Å². The summed E-state index contributed by atoms with van der Waals surface area (Å²) >= 11 is 1.33. The fourth-order valence-electron chi connectivity index (χ4n) is 2.75. The van der Waals surface area contributed by atoms with Crippen LogP contribution < -0.4 is 4.74 Å². The number of benzene rings is 2. The van der Waals surface area contributed by atoms with Crippen LogP contribution in [-0.4, -0.2) is 38.5 Å². The number of Topliss-reactive ketones (excluding diaryl/α,β-unsaturated/α-hetero) is 1. The molecule has 0 spiro atoms. The van der Waals surface area contributed by atoms with E-state index in [1.54, 1.807) is 11.6 Å². The van der Waals surface area contributed by atoms with Gasteiger partial charge in [0.15, 0.2) is 11.4 Å². The van der Waals surface area contributed by atoms with Gasteiger partial charge in [0.1, 0.15) is 5.75 Å². The summed E-state index contributed by atoms with van der Waals surface area (Å²) < 4.78 is 6.95. The lowest BCUT2D eigenvalue weighted by molar-refractivity contribution is 0.102. The molecule has 0 aliphatic rings. The van der Waals surface area contributed by atoms with Crippen LogP contribution in [0.4, 0.5) is 0 Å². The van der Waals surface area contributed by atoms with E-state index in [0.29, 0.717) is 16.4 Å². The topological polar surface area (TPSA) is 69.4 Å². The number of aromatic nitrogens is 4. The van der Waals surface area contributed by atoms with Crippen molar-refractivity contribution < 1.29 is 9.53 Å². The minimum absolute atomic E-state index is 0.0469. The summed E-state index contributed by atoms with van der Waals surface area (Å²) in [5.74, 6) is 1.08. The molecule has 2 heterocycles. The van der Waals surface area contributed by atoms with E-state index in [9.17, 15) is 4.79 Å². The smallest absolute Gasteiger partial charge is 0.212 e. The van der Waals surface area contributed by atoms with Gasteiger partial charge in [-0.2, -0.15) is 9.61 Å². The third kappa shape index (κ3) is 3.75. The minimum Gasteiger partial charge on any atom is -0.497 e. The molecule has 140 valence electrons. The Morgan fingerprint density at radius 1 is 1.07 bits per heavy atom. The second-order valence-corrected chi connectivity index (χ2v) is 7.22. The van der Waals surface area contributed by atoms with Gasteiger partial charge in [-0.1, -0.05) is 53.7 Å². The molecular weight excluding hydrogens is 372 g/mol. The van der Waals surface area contributed by atoms with Crippen molar-refractivity contribution in [2.45, 2.75) is 12.1 Å². The zero-order valence-corrected chi connectivity index (χ0v) is 16.3. The average molecular weight is 390 g/mol. The Balaban J connectivity index is 1.57. The van der Waals surface area contributed by atoms with Crippen LogP contribution in [0.25, 0.3) is 16.9 Å². The van der Waals surface area contributed by atoms with Crippen molar-refractivity contribution in [2.24, 2.45) is 0 Å². The molecule has 4 rings (SSSR count). The van der Waals surface area contributed by atoms with Crippen molar-refractivity contribution in [3.63, 3.8) is 0 Å². The molecule has 0 saturated heterocycles. The highest BCUT2D eigenvalue weighted by molar-refractivity contribution is 7.99. The third-order valence-corrected chi connectivity index (χ3v) is 5.22. The van der Waals surface area contributed by atoms with Crippen molar-refractivity contribution >= 4 is 23.2 Å². The number of fused-ring (bicyclic) bond motifs is 1. The normalized spacial score (nSPS) is 10.9. The van der Waals surface area contributed by atoms with Gasteiger partial charge in [-0.25, -0.2) is 0 Å². The Kier molecular flexibility index (Phi) is 5.08.